The van der Waals surface area contributed by atoms with Crippen LogP contribution < -0.4 is 0 Å². The van der Waals surface area contributed by atoms with Crippen molar-refractivity contribution in [3.8, 4) is 0 Å². The van der Waals surface area contributed by atoms with Gasteiger partial charge in [-0.25, -0.2) is 0 Å². The topological polar surface area (TPSA) is 186 Å². The van der Waals surface area contributed by atoms with Gasteiger partial charge in [0.1, 0.15) is 36.8 Å². The molecule has 0 aliphatic carbocycles. The van der Waals surface area contributed by atoms with Crippen molar-refractivity contribution in [1.82, 2.24) is 0 Å². The molecule has 1 aliphatic rings. The lowest BCUT2D eigenvalue weighted by molar-refractivity contribution is -0.297. The van der Waals surface area contributed by atoms with E-state index in [1.54, 1.807) is 0 Å². The van der Waals surface area contributed by atoms with E-state index in [1.807, 2.05) is 0 Å². The minimum atomic E-state index is -4.59. The van der Waals surface area contributed by atoms with Crippen molar-refractivity contribution in [1.29, 1.82) is 0 Å². The van der Waals surface area contributed by atoms with Gasteiger partial charge in [0.2, 0.25) is 0 Å². The van der Waals surface area contributed by atoms with Crippen LogP contribution in [0.2, 0.25) is 0 Å². The minimum Gasteiger partial charge on any atom is -0.462 e. The summed E-state index contributed by atoms with van der Waals surface area (Å²) in [5.41, 5.74) is 0. The van der Waals surface area contributed by atoms with Crippen LogP contribution in [0.4, 0.5) is 0 Å². The summed E-state index contributed by atoms with van der Waals surface area (Å²) in [6.07, 6.45) is 23.0. The molecule has 0 amide bonds. The molecule has 12 nitrogen and oxygen atoms in total. The lowest BCUT2D eigenvalue weighted by Gasteiger charge is -2.40. The molecule has 1 fully saturated rings. The number of unbranched alkanes of at least 4 members (excludes halogenated alkanes) is 25. The third-order valence-corrected chi connectivity index (χ3v) is 11.2. The predicted octanol–water partition coefficient (Wildman–Crippen LogP) is 8.51. The summed E-state index contributed by atoms with van der Waals surface area (Å²) in [5, 5.41) is 30.8. The molecular formula is C42H80O12S. The summed E-state index contributed by atoms with van der Waals surface area (Å²) >= 11 is 0. The molecule has 0 aromatic carbocycles. The molecule has 2 unspecified atom stereocenters. The van der Waals surface area contributed by atoms with Gasteiger partial charge in [0, 0.05) is 12.8 Å². The number of esters is 2. The highest BCUT2D eigenvalue weighted by Crippen LogP contribution is 2.24. The Balaban J connectivity index is 2.43. The number of carbonyl (C=O) groups excluding carboxylic acids is 2. The van der Waals surface area contributed by atoms with Gasteiger partial charge in [-0.15, -0.1) is 0 Å². The number of aliphatic hydroxyl groups is 3. The van der Waals surface area contributed by atoms with Crippen molar-refractivity contribution in [2.24, 2.45) is 0 Å². The maximum atomic E-state index is 12.7. The van der Waals surface area contributed by atoms with Crippen LogP contribution in [-0.2, 0) is 38.7 Å². The van der Waals surface area contributed by atoms with Crippen LogP contribution in [0.1, 0.15) is 200 Å². The van der Waals surface area contributed by atoms with E-state index in [4.69, 9.17) is 18.9 Å². The van der Waals surface area contributed by atoms with Gasteiger partial charge in [0.25, 0.3) is 10.1 Å². The largest absolute Gasteiger partial charge is 0.462 e. The van der Waals surface area contributed by atoms with Crippen molar-refractivity contribution >= 4 is 22.1 Å². The predicted molar refractivity (Wildman–Crippen MR) is 215 cm³/mol. The molecule has 6 atom stereocenters. The van der Waals surface area contributed by atoms with Crippen LogP contribution >= 0.6 is 0 Å². The van der Waals surface area contributed by atoms with E-state index in [-0.39, 0.29) is 19.4 Å². The normalized spacial score (nSPS) is 20.7. The Hall–Kier alpha value is -1.35. The van der Waals surface area contributed by atoms with E-state index < -0.39 is 71.2 Å². The first-order chi connectivity index (χ1) is 26.5. The average Bonchev–Trinajstić information content (AvgIpc) is 3.14. The Bertz CT molecular complexity index is 1040. The van der Waals surface area contributed by atoms with Crippen LogP contribution in [0.25, 0.3) is 0 Å². The molecule has 1 heterocycles. The van der Waals surface area contributed by atoms with Crippen molar-refractivity contribution in [3.05, 3.63) is 0 Å². The maximum absolute atomic E-state index is 12.7. The van der Waals surface area contributed by atoms with Crippen LogP contribution in [0.15, 0.2) is 0 Å². The molecule has 326 valence electrons. The maximum Gasteiger partial charge on any atom is 0.306 e. The average molecular weight is 809 g/mol. The highest BCUT2D eigenvalue weighted by Gasteiger charge is 2.46. The number of ether oxygens (including phenoxy) is 4. The number of hydrogen-bond donors (Lipinski definition) is 4. The van der Waals surface area contributed by atoms with E-state index in [0.717, 1.165) is 38.5 Å². The molecule has 55 heavy (non-hydrogen) atoms. The summed E-state index contributed by atoms with van der Waals surface area (Å²) < 4.78 is 54.0. The SMILES string of the molecule is CCCCCCCCCCCCCCCCCCC(=O)OC[C@H](CO[C@H]1O[C@H](CS(=O)(=O)O)[C@@H](O)C(O)C1O)OC(=O)CCCCCCCCCCCCC. The Kier molecular flexibility index (Phi) is 31.6. The summed E-state index contributed by atoms with van der Waals surface area (Å²) in [5.74, 6) is -1.97. The van der Waals surface area contributed by atoms with Gasteiger partial charge >= 0.3 is 11.9 Å². The molecule has 1 saturated heterocycles. The first kappa shape index (κ1) is 51.7. The zero-order valence-corrected chi connectivity index (χ0v) is 35.4. The van der Waals surface area contributed by atoms with Gasteiger partial charge in [-0.3, -0.25) is 14.1 Å². The smallest absolute Gasteiger partial charge is 0.306 e. The van der Waals surface area contributed by atoms with Gasteiger partial charge in [0.05, 0.1) is 6.61 Å². The van der Waals surface area contributed by atoms with Gasteiger partial charge < -0.3 is 34.3 Å². The second-order valence-corrected chi connectivity index (χ2v) is 17.2. The summed E-state index contributed by atoms with van der Waals surface area (Å²) in [4.78, 5) is 25.3. The summed E-state index contributed by atoms with van der Waals surface area (Å²) in [6.45, 7) is 3.76. The first-order valence-corrected chi connectivity index (χ1v) is 23.7. The third-order valence-electron chi connectivity index (χ3n) is 10.4. The Labute approximate surface area is 333 Å². The van der Waals surface area contributed by atoms with Crippen molar-refractivity contribution in [3.63, 3.8) is 0 Å². The molecule has 4 N–H and O–H groups in total. The van der Waals surface area contributed by atoms with E-state index in [1.165, 1.54) is 122 Å². The molecule has 0 spiro atoms. The Morgan fingerprint density at radius 2 is 0.927 bits per heavy atom. The van der Waals surface area contributed by atoms with Crippen LogP contribution in [-0.4, -0.2) is 96.0 Å². The molecule has 13 heteroatoms. The second-order valence-electron chi connectivity index (χ2n) is 15.7. The molecular weight excluding hydrogens is 729 g/mol. The second kappa shape index (κ2) is 33.6. The molecule has 0 radical (unpaired) electrons. The molecule has 0 aromatic heterocycles. The number of rotatable bonds is 37. The summed E-state index contributed by atoms with van der Waals surface area (Å²) in [7, 11) is -4.59. The van der Waals surface area contributed by atoms with Crippen LogP contribution in [0, 0.1) is 0 Å². The van der Waals surface area contributed by atoms with E-state index >= 15 is 0 Å². The van der Waals surface area contributed by atoms with Gasteiger partial charge in [-0.2, -0.15) is 8.42 Å². The quantitative estimate of drug-likeness (QED) is 0.0267. The third kappa shape index (κ3) is 28.7. The molecule has 1 rings (SSSR count). The highest BCUT2D eigenvalue weighted by atomic mass is 32.2. The zero-order valence-electron chi connectivity index (χ0n) is 34.6. The Morgan fingerprint density at radius 3 is 1.33 bits per heavy atom. The van der Waals surface area contributed by atoms with Gasteiger partial charge in [-0.05, 0) is 12.8 Å². The first-order valence-electron chi connectivity index (χ1n) is 22.1. The fraction of sp³-hybridized carbons (Fsp3) is 0.952. The minimum absolute atomic E-state index is 0.171. The van der Waals surface area contributed by atoms with Crippen molar-refractivity contribution in [2.75, 3.05) is 19.0 Å². The standard InChI is InChI=1S/C42H80O12S/c1-3-5-7-9-11-13-15-16-17-18-19-21-22-24-26-28-30-37(43)51-32-35(53-38(44)31-29-27-25-23-20-14-12-10-8-6-4-2)33-52-42-41(47)40(46)39(45)36(54-42)34-55(48,49)50/h35-36,39-42,45-47H,3-34H2,1-2H3,(H,48,49,50)/t35-,36-,39-,40?,41?,42+/m1/s1. The fourth-order valence-electron chi connectivity index (χ4n) is 6.97. The van der Waals surface area contributed by atoms with E-state index in [9.17, 15) is 37.9 Å². The van der Waals surface area contributed by atoms with Crippen molar-refractivity contribution < 1.29 is 56.8 Å². The molecule has 0 aromatic rings. The number of aliphatic hydroxyl groups excluding tert-OH is 3. The fourth-order valence-corrected chi connectivity index (χ4v) is 7.66. The summed E-state index contributed by atoms with van der Waals surface area (Å²) in [6, 6.07) is 0. The van der Waals surface area contributed by atoms with Gasteiger partial charge in [0.15, 0.2) is 12.4 Å². The monoisotopic (exact) mass is 809 g/mol. The van der Waals surface area contributed by atoms with Crippen LogP contribution in [0.3, 0.4) is 0 Å². The van der Waals surface area contributed by atoms with E-state index in [2.05, 4.69) is 13.8 Å². The molecule has 0 saturated carbocycles. The van der Waals surface area contributed by atoms with Crippen LogP contribution in [0.5, 0.6) is 0 Å². The lowest BCUT2D eigenvalue weighted by Crippen LogP contribution is -2.60. The molecule has 1 aliphatic heterocycles. The molecule has 0 bridgehead atoms. The highest BCUT2D eigenvalue weighted by molar-refractivity contribution is 7.85. The van der Waals surface area contributed by atoms with E-state index in [0.29, 0.717) is 12.8 Å². The van der Waals surface area contributed by atoms with Gasteiger partial charge in [-0.1, -0.05) is 174 Å². The zero-order chi connectivity index (χ0) is 40.6. The number of carbonyl (C=O) groups is 2. The Morgan fingerprint density at radius 1 is 0.545 bits per heavy atom. The lowest BCUT2D eigenvalue weighted by atomic mass is 10.00. The number of hydrogen-bond acceptors (Lipinski definition) is 11. The van der Waals surface area contributed by atoms with Crippen molar-refractivity contribution in [2.45, 2.75) is 237 Å².